The molecule has 0 saturated carbocycles. The molecule has 1 rings (SSSR count). The van der Waals surface area contributed by atoms with Crippen LogP contribution in [0.3, 0.4) is 0 Å². The highest BCUT2D eigenvalue weighted by molar-refractivity contribution is 5.95. The first-order chi connectivity index (χ1) is 7.20. The van der Waals surface area contributed by atoms with Crippen molar-refractivity contribution in [3.63, 3.8) is 0 Å². The van der Waals surface area contributed by atoms with E-state index in [2.05, 4.69) is 6.07 Å². The Morgan fingerprint density at radius 3 is 2.87 bits per heavy atom. The van der Waals surface area contributed by atoms with E-state index in [-0.39, 0.29) is 24.0 Å². The molecule has 0 N–H and O–H groups in total. The van der Waals surface area contributed by atoms with Crippen molar-refractivity contribution in [3.8, 4) is 6.07 Å². The highest BCUT2D eigenvalue weighted by Gasteiger charge is 2.26. The van der Waals surface area contributed by atoms with Gasteiger partial charge < -0.3 is 4.42 Å². The minimum absolute atomic E-state index is 0.0594. The third kappa shape index (κ3) is 2.69. The number of nitrogens with zero attached hydrogens (tertiary/aromatic N) is 1. The van der Waals surface area contributed by atoms with Gasteiger partial charge in [0.1, 0.15) is 0 Å². The van der Waals surface area contributed by atoms with Gasteiger partial charge in [-0.25, -0.2) is 0 Å². The zero-order valence-corrected chi connectivity index (χ0v) is 9.06. The van der Waals surface area contributed by atoms with Gasteiger partial charge in [-0.3, -0.25) is 4.79 Å². The predicted octanol–water partition coefficient (Wildman–Crippen LogP) is 3.04. The number of nitriles is 1. The van der Waals surface area contributed by atoms with Gasteiger partial charge >= 0.3 is 0 Å². The molecule has 3 heteroatoms. The molecule has 3 nitrogen and oxygen atoms in total. The molecule has 0 radical (unpaired) electrons. The van der Waals surface area contributed by atoms with E-state index >= 15 is 0 Å². The van der Waals surface area contributed by atoms with Gasteiger partial charge in [0.15, 0.2) is 5.76 Å². The molecule has 0 aliphatic carbocycles. The Bertz CT molecular complexity index is 348. The molecule has 2 atom stereocenters. The first-order valence-corrected chi connectivity index (χ1v) is 5.15. The maximum atomic E-state index is 12.0. The van der Waals surface area contributed by atoms with Crippen LogP contribution in [0.15, 0.2) is 22.8 Å². The molecule has 0 saturated heterocycles. The van der Waals surface area contributed by atoms with Crippen molar-refractivity contribution < 1.29 is 9.21 Å². The van der Waals surface area contributed by atoms with E-state index in [9.17, 15) is 4.79 Å². The number of carbonyl (C=O) groups excluding carboxylic acids is 1. The summed E-state index contributed by atoms with van der Waals surface area (Å²) in [4.78, 5) is 12.0. The Kier molecular flexibility index (Phi) is 4.11. The minimum atomic E-state index is -0.244. The second-order valence-corrected chi connectivity index (χ2v) is 3.70. The van der Waals surface area contributed by atoms with Crippen LogP contribution in [0.1, 0.15) is 37.2 Å². The second kappa shape index (κ2) is 5.35. The van der Waals surface area contributed by atoms with Gasteiger partial charge in [-0.05, 0) is 18.1 Å². The fraction of sp³-hybridized carbons (Fsp3) is 0.500. The molecule has 0 fully saturated rings. The molecule has 0 amide bonds. The van der Waals surface area contributed by atoms with Crippen molar-refractivity contribution in [3.05, 3.63) is 24.2 Å². The van der Waals surface area contributed by atoms with Crippen molar-refractivity contribution >= 4 is 5.78 Å². The fourth-order valence-corrected chi connectivity index (χ4v) is 1.54. The number of rotatable bonds is 5. The normalized spacial score (nSPS) is 14.2. The SMILES string of the molecule is CCC(C)C(CC#N)C(=O)c1ccco1. The van der Waals surface area contributed by atoms with Gasteiger partial charge in [0, 0.05) is 12.3 Å². The van der Waals surface area contributed by atoms with E-state index < -0.39 is 0 Å². The summed E-state index contributed by atoms with van der Waals surface area (Å²) in [5, 5.41) is 8.69. The number of furan rings is 1. The van der Waals surface area contributed by atoms with Crippen LogP contribution in [0.25, 0.3) is 0 Å². The standard InChI is InChI=1S/C12H15NO2/c1-3-9(2)10(6-7-13)12(14)11-5-4-8-15-11/h4-5,8-10H,3,6H2,1-2H3. The molecule has 0 aliphatic rings. The minimum Gasteiger partial charge on any atom is -0.461 e. The first kappa shape index (κ1) is 11.5. The topological polar surface area (TPSA) is 54.0 Å². The molecule has 0 aliphatic heterocycles. The van der Waals surface area contributed by atoms with Gasteiger partial charge in [0.2, 0.25) is 5.78 Å². The largest absolute Gasteiger partial charge is 0.461 e. The maximum absolute atomic E-state index is 12.0. The van der Waals surface area contributed by atoms with Gasteiger partial charge in [0.25, 0.3) is 0 Å². The highest BCUT2D eigenvalue weighted by atomic mass is 16.3. The highest BCUT2D eigenvalue weighted by Crippen LogP contribution is 2.23. The van der Waals surface area contributed by atoms with E-state index in [0.29, 0.717) is 5.76 Å². The van der Waals surface area contributed by atoms with Crippen LogP contribution < -0.4 is 0 Å². The lowest BCUT2D eigenvalue weighted by Gasteiger charge is -2.17. The smallest absolute Gasteiger partial charge is 0.202 e. The summed E-state index contributed by atoms with van der Waals surface area (Å²) < 4.78 is 5.06. The molecule has 1 aromatic rings. The summed E-state index contributed by atoms with van der Waals surface area (Å²) in [6, 6.07) is 5.40. The Morgan fingerprint density at radius 2 is 2.40 bits per heavy atom. The van der Waals surface area contributed by atoms with Gasteiger partial charge in [0.05, 0.1) is 12.3 Å². The van der Waals surface area contributed by atoms with Crippen LogP contribution in [-0.4, -0.2) is 5.78 Å². The predicted molar refractivity (Wildman–Crippen MR) is 56.2 cm³/mol. The fourth-order valence-electron chi connectivity index (χ4n) is 1.54. The van der Waals surface area contributed by atoms with E-state index in [1.54, 1.807) is 12.1 Å². The molecule has 0 bridgehead atoms. The lowest BCUT2D eigenvalue weighted by molar-refractivity contribution is 0.0850. The average Bonchev–Trinajstić information content (AvgIpc) is 2.77. The molecule has 2 unspecified atom stereocenters. The summed E-state index contributed by atoms with van der Waals surface area (Å²) in [5.41, 5.74) is 0. The lowest BCUT2D eigenvalue weighted by Crippen LogP contribution is -2.21. The van der Waals surface area contributed by atoms with E-state index in [4.69, 9.17) is 9.68 Å². The zero-order chi connectivity index (χ0) is 11.3. The molecule has 0 spiro atoms. The summed E-state index contributed by atoms with van der Waals surface area (Å²) in [7, 11) is 0. The van der Waals surface area contributed by atoms with Crippen molar-refractivity contribution in [2.45, 2.75) is 26.7 Å². The molecule has 15 heavy (non-hydrogen) atoms. The van der Waals surface area contributed by atoms with Crippen molar-refractivity contribution in [1.82, 2.24) is 0 Å². The van der Waals surface area contributed by atoms with Crippen LogP contribution in [0, 0.1) is 23.2 Å². The Hall–Kier alpha value is -1.56. The summed E-state index contributed by atoms with van der Waals surface area (Å²) in [6.07, 6.45) is 2.63. The van der Waals surface area contributed by atoms with Crippen LogP contribution >= 0.6 is 0 Å². The van der Waals surface area contributed by atoms with Crippen LogP contribution in [-0.2, 0) is 0 Å². The molecular weight excluding hydrogens is 190 g/mol. The van der Waals surface area contributed by atoms with Crippen molar-refractivity contribution in [2.75, 3.05) is 0 Å². The number of hydrogen-bond donors (Lipinski definition) is 0. The third-order valence-corrected chi connectivity index (χ3v) is 2.74. The van der Waals surface area contributed by atoms with Crippen LogP contribution in [0.4, 0.5) is 0 Å². The number of carbonyl (C=O) groups is 1. The molecule has 0 aromatic carbocycles. The Balaban J connectivity index is 2.81. The maximum Gasteiger partial charge on any atom is 0.202 e. The summed E-state index contributed by atoms with van der Waals surface area (Å²) in [6.45, 7) is 4.01. The number of ketones is 1. The molecular formula is C12H15NO2. The van der Waals surface area contributed by atoms with E-state index in [0.717, 1.165) is 6.42 Å². The van der Waals surface area contributed by atoms with Crippen LogP contribution in [0.5, 0.6) is 0 Å². The van der Waals surface area contributed by atoms with Crippen LogP contribution in [0.2, 0.25) is 0 Å². The first-order valence-electron chi connectivity index (χ1n) is 5.15. The van der Waals surface area contributed by atoms with Crippen molar-refractivity contribution in [1.29, 1.82) is 5.26 Å². The average molecular weight is 205 g/mol. The lowest BCUT2D eigenvalue weighted by atomic mass is 9.85. The summed E-state index contributed by atoms with van der Waals surface area (Å²) in [5.74, 6) is 0.264. The number of hydrogen-bond acceptors (Lipinski definition) is 3. The molecule has 1 aromatic heterocycles. The van der Waals surface area contributed by atoms with E-state index in [1.165, 1.54) is 6.26 Å². The zero-order valence-electron chi connectivity index (χ0n) is 9.06. The monoisotopic (exact) mass is 205 g/mol. The second-order valence-electron chi connectivity index (χ2n) is 3.70. The summed E-state index contributed by atoms with van der Waals surface area (Å²) >= 11 is 0. The van der Waals surface area contributed by atoms with E-state index in [1.807, 2.05) is 13.8 Å². The quantitative estimate of drug-likeness (QED) is 0.694. The van der Waals surface area contributed by atoms with Gasteiger partial charge in [-0.15, -0.1) is 0 Å². The van der Waals surface area contributed by atoms with Gasteiger partial charge in [-0.1, -0.05) is 20.3 Å². The van der Waals surface area contributed by atoms with Gasteiger partial charge in [-0.2, -0.15) is 5.26 Å². The molecule has 80 valence electrons. The Morgan fingerprint density at radius 1 is 1.67 bits per heavy atom. The molecule has 1 heterocycles. The number of Topliss-reactive ketones (excluding diaryl/α,β-unsaturated/α-hetero) is 1. The Labute approximate surface area is 89.7 Å². The van der Waals surface area contributed by atoms with Crippen molar-refractivity contribution in [2.24, 2.45) is 11.8 Å². The third-order valence-electron chi connectivity index (χ3n) is 2.74.